The molecule has 0 aliphatic carbocycles. The first-order valence-electron chi connectivity index (χ1n) is 24.4. The zero-order valence-electron chi connectivity index (χ0n) is 40.5. The number of methoxy groups -OCH3 is 2. The molecule has 14 nitrogen and oxygen atoms in total. The normalized spacial score (nSPS) is 25.0. The summed E-state index contributed by atoms with van der Waals surface area (Å²) in [6.07, 6.45) is -9.32. The summed E-state index contributed by atoms with van der Waals surface area (Å²) in [6.45, 7) is 0.506. The van der Waals surface area contributed by atoms with Crippen LogP contribution in [0.3, 0.4) is 0 Å². The van der Waals surface area contributed by atoms with Gasteiger partial charge in [-0.25, -0.2) is 9.59 Å². The van der Waals surface area contributed by atoms with Crippen molar-refractivity contribution in [2.75, 3.05) is 27.4 Å². The van der Waals surface area contributed by atoms with Gasteiger partial charge in [0.1, 0.15) is 36.6 Å². The van der Waals surface area contributed by atoms with Crippen molar-refractivity contribution in [3.05, 3.63) is 215 Å². The Bertz CT molecular complexity index is 2250. The quantitative estimate of drug-likeness (QED) is 0.0814. The van der Waals surface area contributed by atoms with E-state index in [1.165, 1.54) is 24.0 Å². The lowest BCUT2D eigenvalue weighted by atomic mass is 9.89. The Hall–Kier alpha value is -6.46. The van der Waals surface area contributed by atoms with E-state index in [2.05, 4.69) is 0 Å². The molecular formula is C58H62N2O12. The summed E-state index contributed by atoms with van der Waals surface area (Å²) in [5, 5.41) is 0. The van der Waals surface area contributed by atoms with Gasteiger partial charge in [0.15, 0.2) is 12.5 Å². The van der Waals surface area contributed by atoms with Gasteiger partial charge in [0.2, 0.25) is 0 Å². The minimum Gasteiger partial charge on any atom is -0.453 e. The summed E-state index contributed by atoms with van der Waals surface area (Å²) >= 11 is 0. The summed E-state index contributed by atoms with van der Waals surface area (Å²) in [4.78, 5) is 32.2. The molecule has 6 aromatic carbocycles. The second-order valence-electron chi connectivity index (χ2n) is 17.9. The van der Waals surface area contributed by atoms with Crippen LogP contribution in [-0.4, -0.2) is 111 Å². The number of nitrogens with zero attached hydrogens (tertiary/aromatic N) is 2. The first-order valence-corrected chi connectivity index (χ1v) is 24.4. The largest absolute Gasteiger partial charge is 0.453 e. The van der Waals surface area contributed by atoms with Crippen molar-refractivity contribution in [2.24, 2.45) is 0 Å². The molecule has 9 rings (SSSR count). The zero-order chi connectivity index (χ0) is 49.5. The second kappa shape index (κ2) is 25.3. The molecule has 3 aliphatic heterocycles. The van der Waals surface area contributed by atoms with Gasteiger partial charge in [-0.05, 0) is 33.4 Å². The Morgan fingerprint density at radius 2 is 0.583 bits per heavy atom. The van der Waals surface area contributed by atoms with E-state index in [4.69, 9.17) is 47.4 Å². The van der Waals surface area contributed by atoms with Crippen LogP contribution in [0.4, 0.5) is 9.59 Å². The van der Waals surface area contributed by atoms with Crippen molar-refractivity contribution in [2.45, 2.75) is 101 Å². The number of carbonyl (C=O) groups is 2. The van der Waals surface area contributed by atoms with Crippen molar-refractivity contribution >= 4 is 12.2 Å². The molecule has 14 heteroatoms. The standard InChI is InChI=1S/C58H62N2O12/c1-63-57(61)59-47-39-72-56-54(70-38-46-31-19-8-20-32-46)52(68-36-44-27-15-6-16-28-44)50(66-34-42-23-11-4-12-24-42)48(60(56)58(62)64-2)40-71-55(59)53(69-37-45-29-17-7-18-30-45)51(67-35-43-25-13-5-14-26-43)49(47)65-33-41-21-9-3-10-22-41/h3-32,47-56H,33-40H2,1-2H3/t47-,48-,49-,50-,51+,52+,53-,54-,55-,56-/m1/s1. The Kier molecular flexibility index (Phi) is 17.7. The van der Waals surface area contributed by atoms with Crippen molar-refractivity contribution in [3.8, 4) is 0 Å². The average Bonchev–Trinajstić information content (AvgIpc) is 3.44. The van der Waals surface area contributed by atoms with E-state index >= 15 is 0 Å². The number of carbonyl (C=O) groups excluding carboxylic acids is 2. The number of ether oxygens (including phenoxy) is 10. The van der Waals surface area contributed by atoms with E-state index in [0.717, 1.165) is 33.4 Å². The molecule has 376 valence electrons. The van der Waals surface area contributed by atoms with Gasteiger partial charge in [-0.15, -0.1) is 0 Å². The topological polar surface area (TPSA) is 133 Å². The number of hydrogen-bond donors (Lipinski definition) is 0. The smallest absolute Gasteiger partial charge is 0.412 e. The third-order valence-corrected chi connectivity index (χ3v) is 13.2. The molecule has 10 atom stereocenters. The molecule has 2 amide bonds. The minimum atomic E-state index is -1.19. The molecule has 0 spiro atoms. The lowest BCUT2D eigenvalue weighted by molar-refractivity contribution is -0.307. The molecule has 3 aliphatic rings. The zero-order valence-corrected chi connectivity index (χ0v) is 40.5. The fourth-order valence-electron chi connectivity index (χ4n) is 9.68. The summed E-state index contributed by atoms with van der Waals surface area (Å²) in [7, 11) is 2.65. The highest BCUT2D eigenvalue weighted by Gasteiger charge is 2.60. The first-order chi connectivity index (χ1) is 35.5. The number of fused-ring (bicyclic) bond motifs is 4. The van der Waals surface area contributed by atoms with Crippen LogP contribution in [0.2, 0.25) is 0 Å². The summed E-state index contributed by atoms with van der Waals surface area (Å²) in [5.41, 5.74) is 5.40. The van der Waals surface area contributed by atoms with Crippen molar-refractivity contribution in [1.82, 2.24) is 9.80 Å². The van der Waals surface area contributed by atoms with E-state index in [1.807, 2.05) is 182 Å². The van der Waals surface area contributed by atoms with E-state index in [0.29, 0.717) is 0 Å². The number of amides is 2. The van der Waals surface area contributed by atoms with Gasteiger partial charge in [-0.1, -0.05) is 182 Å². The van der Waals surface area contributed by atoms with Crippen LogP contribution in [0.1, 0.15) is 33.4 Å². The predicted molar refractivity (Wildman–Crippen MR) is 266 cm³/mol. The third-order valence-electron chi connectivity index (χ3n) is 13.2. The Morgan fingerprint density at radius 3 is 0.819 bits per heavy atom. The summed E-state index contributed by atoms with van der Waals surface area (Å²) in [6, 6.07) is 56.7. The molecule has 3 fully saturated rings. The molecule has 72 heavy (non-hydrogen) atoms. The van der Waals surface area contributed by atoms with Crippen LogP contribution in [0.15, 0.2) is 182 Å². The molecule has 0 N–H and O–H groups in total. The monoisotopic (exact) mass is 978 g/mol. The number of hydrogen-bond acceptors (Lipinski definition) is 12. The van der Waals surface area contributed by atoms with Crippen LogP contribution >= 0.6 is 0 Å². The molecule has 0 unspecified atom stereocenters. The van der Waals surface area contributed by atoms with Gasteiger partial charge in [0, 0.05) is 0 Å². The van der Waals surface area contributed by atoms with E-state index < -0.39 is 73.3 Å². The van der Waals surface area contributed by atoms with Gasteiger partial charge in [0.25, 0.3) is 0 Å². The minimum absolute atomic E-state index is 0.135. The van der Waals surface area contributed by atoms with Gasteiger partial charge in [0.05, 0.1) is 79.2 Å². The highest BCUT2D eigenvalue weighted by atomic mass is 16.6. The van der Waals surface area contributed by atoms with E-state index in [1.54, 1.807) is 0 Å². The fourth-order valence-corrected chi connectivity index (χ4v) is 9.68. The van der Waals surface area contributed by atoms with Crippen molar-refractivity contribution in [1.29, 1.82) is 0 Å². The Morgan fingerprint density at radius 1 is 0.361 bits per heavy atom. The van der Waals surface area contributed by atoms with Crippen LogP contribution in [0.5, 0.6) is 0 Å². The summed E-state index contributed by atoms with van der Waals surface area (Å²) in [5.74, 6) is 0. The predicted octanol–water partition coefficient (Wildman–Crippen LogP) is 9.10. The number of rotatable bonds is 18. The molecule has 3 heterocycles. The van der Waals surface area contributed by atoms with Crippen LogP contribution < -0.4 is 0 Å². The molecule has 0 radical (unpaired) electrons. The number of piperidine rings is 2. The van der Waals surface area contributed by atoms with Gasteiger partial charge < -0.3 is 47.4 Å². The Balaban J connectivity index is 1.18. The highest BCUT2D eigenvalue weighted by molar-refractivity contribution is 5.69. The SMILES string of the molecule is COC(=O)N1[C@@H]2CO[C@@H]3[C@H](OCc4ccccc4)[C@@H](OCc4ccccc4)[C@H](OCc4ccccc4)[C@@H](CO[C@@H]1[C@H](OCc1ccccc1)[C@@H](OCc1ccccc1)[C@@H]2OCc1ccccc1)N3C(=O)OC. The lowest BCUT2D eigenvalue weighted by Crippen LogP contribution is -2.75. The fraction of sp³-hybridized carbons (Fsp3) is 0.345. The molecule has 3 saturated heterocycles. The second-order valence-corrected chi connectivity index (χ2v) is 17.9. The van der Waals surface area contributed by atoms with Gasteiger partial charge in [-0.3, -0.25) is 9.80 Å². The lowest BCUT2D eigenvalue weighted by Gasteiger charge is -2.56. The van der Waals surface area contributed by atoms with Crippen LogP contribution in [-0.2, 0) is 87.0 Å². The molecule has 6 aromatic rings. The highest BCUT2D eigenvalue weighted by Crippen LogP contribution is 2.40. The van der Waals surface area contributed by atoms with Crippen LogP contribution in [0.25, 0.3) is 0 Å². The molecular weight excluding hydrogens is 917 g/mol. The maximum absolute atomic E-state index is 14.6. The maximum atomic E-state index is 14.6. The van der Waals surface area contributed by atoms with E-state index in [9.17, 15) is 9.59 Å². The van der Waals surface area contributed by atoms with Gasteiger partial charge >= 0.3 is 12.2 Å². The number of benzene rings is 6. The van der Waals surface area contributed by atoms with Gasteiger partial charge in [-0.2, -0.15) is 0 Å². The van der Waals surface area contributed by atoms with Crippen molar-refractivity contribution in [3.63, 3.8) is 0 Å². The maximum Gasteiger partial charge on any atom is 0.412 e. The average molecular weight is 979 g/mol. The first kappa shape index (κ1) is 50.5. The van der Waals surface area contributed by atoms with Crippen LogP contribution in [0, 0.1) is 0 Å². The van der Waals surface area contributed by atoms with E-state index in [-0.39, 0.29) is 52.9 Å². The molecule has 0 aromatic heterocycles. The molecule has 0 saturated carbocycles. The molecule has 4 bridgehead atoms. The third kappa shape index (κ3) is 12.4. The Labute approximate surface area is 421 Å². The van der Waals surface area contributed by atoms with Crippen molar-refractivity contribution < 1.29 is 57.0 Å². The summed E-state index contributed by atoms with van der Waals surface area (Å²) < 4.78 is 67.5.